The third kappa shape index (κ3) is 4.79. The summed E-state index contributed by atoms with van der Waals surface area (Å²) < 4.78 is 71.6. The first kappa shape index (κ1) is 22.6. The van der Waals surface area contributed by atoms with Crippen molar-refractivity contribution >= 4 is 45.4 Å². The zero-order valence-electron chi connectivity index (χ0n) is 23.8. The summed E-state index contributed by atoms with van der Waals surface area (Å²) in [6, 6.07) is 5.36. The van der Waals surface area contributed by atoms with Gasteiger partial charge in [0.05, 0.1) is 35.4 Å². The lowest BCUT2D eigenvalue weighted by atomic mass is 10.0. The van der Waals surface area contributed by atoms with Gasteiger partial charge in [0.25, 0.3) is 0 Å². The molecule has 0 aliphatic heterocycles. The summed E-state index contributed by atoms with van der Waals surface area (Å²) in [6.45, 7) is -1.60. The van der Waals surface area contributed by atoms with Crippen LogP contribution in [0.3, 0.4) is 0 Å². The SMILES string of the molecule is [2H]C([2H])([2H])n1c(=O)n([C@@H]2CC[C@@H](NC(=O)OC)C2)c2cc(Nc3cc(C(C)=O)c4cccc(C(F)(F)F)c4n3)ncc21. The minimum absolute atomic E-state index is 0.00949. The summed E-state index contributed by atoms with van der Waals surface area (Å²) in [5.41, 5.74) is -2.01. The molecular formula is C26H25F3N6O4. The number of amides is 1. The zero-order chi connectivity index (χ0) is 30.6. The molecule has 0 unspecified atom stereocenters. The van der Waals surface area contributed by atoms with Crippen LogP contribution < -0.4 is 16.3 Å². The molecule has 1 aromatic carbocycles. The fourth-order valence-electron chi connectivity index (χ4n) is 5.05. The van der Waals surface area contributed by atoms with Crippen LogP contribution in [0, 0.1) is 0 Å². The molecule has 1 aliphatic carbocycles. The number of imidazole rings is 1. The average Bonchev–Trinajstić information content (AvgIpc) is 3.47. The zero-order valence-corrected chi connectivity index (χ0v) is 20.8. The third-order valence-corrected chi connectivity index (χ3v) is 6.82. The predicted molar refractivity (Wildman–Crippen MR) is 137 cm³/mol. The number of alkyl halides is 3. The van der Waals surface area contributed by atoms with Crippen LogP contribution in [0.25, 0.3) is 21.9 Å². The highest BCUT2D eigenvalue weighted by Crippen LogP contribution is 2.36. The summed E-state index contributed by atoms with van der Waals surface area (Å²) in [5.74, 6) is -0.538. The van der Waals surface area contributed by atoms with Gasteiger partial charge in [-0.05, 0) is 38.3 Å². The van der Waals surface area contributed by atoms with Gasteiger partial charge in [-0.3, -0.25) is 13.9 Å². The van der Waals surface area contributed by atoms with E-state index in [0.717, 1.165) is 6.07 Å². The number of methoxy groups -OCH3 is 1. The van der Waals surface area contributed by atoms with Gasteiger partial charge in [-0.2, -0.15) is 13.2 Å². The third-order valence-electron chi connectivity index (χ3n) is 6.82. The van der Waals surface area contributed by atoms with Crippen molar-refractivity contribution in [2.45, 2.75) is 44.4 Å². The molecule has 1 saturated carbocycles. The quantitative estimate of drug-likeness (QED) is 0.349. The first-order valence-electron chi connectivity index (χ1n) is 13.5. The Morgan fingerprint density at radius 1 is 1.18 bits per heavy atom. The lowest BCUT2D eigenvalue weighted by molar-refractivity contribution is -0.136. The summed E-state index contributed by atoms with van der Waals surface area (Å²) in [7, 11) is 1.23. The maximum atomic E-state index is 13.8. The van der Waals surface area contributed by atoms with Crippen LogP contribution >= 0.6 is 0 Å². The number of para-hydroxylation sites is 1. The molecular weight excluding hydrogens is 517 g/mol. The number of hydrogen-bond donors (Lipinski definition) is 2. The Bertz CT molecular complexity index is 1780. The van der Waals surface area contributed by atoms with E-state index in [9.17, 15) is 27.6 Å². The second kappa shape index (κ2) is 9.71. The Morgan fingerprint density at radius 3 is 2.67 bits per heavy atom. The van der Waals surface area contributed by atoms with Crippen molar-refractivity contribution in [1.82, 2.24) is 24.4 Å². The molecule has 13 heteroatoms. The van der Waals surface area contributed by atoms with E-state index in [1.165, 1.54) is 49.1 Å². The normalized spacial score (nSPS) is 18.9. The first-order valence-corrected chi connectivity index (χ1v) is 12.0. The number of aromatic nitrogens is 4. The van der Waals surface area contributed by atoms with Crippen LogP contribution in [0.2, 0.25) is 0 Å². The Balaban J connectivity index is 1.61. The van der Waals surface area contributed by atoms with Crippen LogP contribution in [-0.2, 0) is 17.9 Å². The maximum absolute atomic E-state index is 13.8. The number of benzene rings is 1. The van der Waals surface area contributed by atoms with Crippen molar-refractivity contribution in [3.63, 3.8) is 0 Å². The Labute approximate surface area is 224 Å². The monoisotopic (exact) mass is 545 g/mol. The van der Waals surface area contributed by atoms with Crippen molar-refractivity contribution in [3.05, 3.63) is 58.1 Å². The number of ketones is 1. The second-order valence-electron chi connectivity index (χ2n) is 9.28. The Kier molecular flexibility index (Phi) is 5.62. The van der Waals surface area contributed by atoms with Crippen LogP contribution in [-0.4, -0.2) is 44.1 Å². The number of ether oxygens (including phenoxy) is 1. The topological polar surface area (TPSA) is 120 Å². The van der Waals surface area contributed by atoms with E-state index in [2.05, 4.69) is 25.3 Å². The molecule has 3 aromatic heterocycles. The fraction of sp³-hybridized carbons (Fsp3) is 0.346. The van der Waals surface area contributed by atoms with E-state index in [0.29, 0.717) is 23.8 Å². The van der Waals surface area contributed by atoms with Crippen molar-refractivity contribution in [3.8, 4) is 0 Å². The molecule has 5 rings (SSSR count). The van der Waals surface area contributed by atoms with Crippen LogP contribution in [0.4, 0.5) is 29.6 Å². The molecule has 0 spiro atoms. The highest BCUT2D eigenvalue weighted by atomic mass is 19.4. The van der Waals surface area contributed by atoms with E-state index in [1.807, 2.05) is 0 Å². The molecule has 1 fully saturated rings. The molecule has 39 heavy (non-hydrogen) atoms. The van der Waals surface area contributed by atoms with Gasteiger partial charge < -0.3 is 15.4 Å². The molecule has 4 aromatic rings. The largest absolute Gasteiger partial charge is 0.453 e. The predicted octanol–water partition coefficient (Wildman–Crippen LogP) is 4.70. The number of aryl methyl sites for hydroxylation is 1. The number of hydrogen-bond acceptors (Lipinski definition) is 7. The number of fused-ring (bicyclic) bond motifs is 2. The first-order chi connectivity index (χ1) is 19.7. The average molecular weight is 546 g/mol. The maximum Gasteiger partial charge on any atom is 0.418 e. The Morgan fingerprint density at radius 2 is 1.97 bits per heavy atom. The van der Waals surface area contributed by atoms with E-state index in [4.69, 9.17) is 4.11 Å². The number of carbonyl (C=O) groups excluding carboxylic acids is 2. The highest BCUT2D eigenvalue weighted by molar-refractivity contribution is 6.07. The van der Waals surface area contributed by atoms with Crippen LogP contribution in [0.15, 0.2) is 41.3 Å². The van der Waals surface area contributed by atoms with Crippen LogP contribution in [0.5, 0.6) is 0 Å². The Hall–Kier alpha value is -4.42. The molecule has 0 radical (unpaired) electrons. The van der Waals surface area contributed by atoms with E-state index < -0.39 is 47.8 Å². The van der Waals surface area contributed by atoms with Gasteiger partial charge in [0.15, 0.2) is 5.78 Å². The molecule has 0 bridgehead atoms. The molecule has 1 aliphatic rings. The van der Waals surface area contributed by atoms with Crippen molar-refractivity contribution < 1.29 is 31.6 Å². The minimum atomic E-state index is -4.73. The van der Waals surface area contributed by atoms with Gasteiger partial charge in [-0.1, -0.05) is 12.1 Å². The van der Waals surface area contributed by atoms with Gasteiger partial charge in [-0.15, -0.1) is 0 Å². The number of Topliss-reactive ketones (excluding diaryl/α,β-unsaturated/α-hetero) is 1. The number of nitrogens with one attached hydrogen (secondary N) is 2. The highest BCUT2D eigenvalue weighted by Gasteiger charge is 2.34. The van der Waals surface area contributed by atoms with Gasteiger partial charge in [-0.25, -0.2) is 19.6 Å². The van der Waals surface area contributed by atoms with Crippen molar-refractivity contribution in [2.75, 3.05) is 12.4 Å². The van der Waals surface area contributed by atoms with E-state index in [1.54, 1.807) is 0 Å². The molecule has 10 nitrogen and oxygen atoms in total. The van der Waals surface area contributed by atoms with Crippen molar-refractivity contribution in [2.24, 2.45) is 6.98 Å². The minimum Gasteiger partial charge on any atom is -0.453 e. The summed E-state index contributed by atoms with van der Waals surface area (Å²) in [5, 5.41) is 5.53. The van der Waals surface area contributed by atoms with Gasteiger partial charge in [0.1, 0.15) is 11.6 Å². The van der Waals surface area contributed by atoms with Gasteiger partial charge in [0.2, 0.25) is 0 Å². The second-order valence-corrected chi connectivity index (χ2v) is 9.28. The lowest BCUT2D eigenvalue weighted by Crippen LogP contribution is -2.33. The fourth-order valence-corrected chi connectivity index (χ4v) is 5.05. The summed E-state index contributed by atoms with van der Waals surface area (Å²) in [6.07, 6.45) is -2.89. The number of halogens is 3. The van der Waals surface area contributed by atoms with E-state index in [-0.39, 0.29) is 39.7 Å². The number of rotatable bonds is 5. The molecule has 2 atom stereocenters. The van der Waals surface area contributed by atoms with Crippen LogP contribution in [0.1, 0.15) is 52.3 Å². The molecule has 2 N–H and O–H groups in total. The molecule has 3 heterocycles. The molecule has 1 amide bonds. The number of carbonyl (C=O) groups is 2. The lowest BCUT2D eigenvalue weighted by Gasteiger charge is -2.15. The molecule has 0 saturated heterocycles. The number of anilines is 2. The van der Waals surface area contributed by atoms with Gasteiger partial charge >= 0.3 is 18.0 Å². The number of pyridine rings is 2. The number of alkyl carbamates (subject to hydrolysis) is 1. The summed E-state index contributed by atoms with van der Waals surface area (Å²) >= 11 is 0. The van der Waals surface area contributed by atoms with Crippen molar-refractivity contribution in [1.29, 1.82) is 0 Å². The standard InChI is InChI=1S/C26H25F3N6O4/c1-13(36)17-10-22(33-23-16(17)5-4-6-18(23)26(27,28)29)32-21-11-19-20(12-30-21)34(2)25(38)35(19)15-8-7-14(9-15)31-24(37)39-3/h4-6,10-12,14-15H,7-9H2,1-3H3,(H,31,37)(H,30,32,33)/t14-,15-/m1/s1/i2D3. The van der Waals surface area contributed by atoms with Gasteiger partial charge in [0, 0.05) is 40.2 Å². The van der Waals surface area contributed by atoms with E-state index >= 15 is 0 Å². The summed E-state index contributed by atoms with van der Waals surface area (Å²) in [4.78, 5) is 45.8. The number of nitrogens with zero attached hydrogens (tertiary/aromatic N) is 4. The smallest absolute Gasteiger partial charge is 0.418 e. The molecule has 204 valence electrons.